The average molecular weight is 426 g/mol. The average Bonchev–Trinajstić information content (AvgIpc) is 3.29. The monoisotopic (exact) mass is 426 g/mol. The molecule has 0 saturated heterocycles. The van der Waals surface area contributed by atoms with Crippen LogP contribution in [0.1, 0.15) is 31.2 Å². The molecule has 4 rings (SSSR count). The molecule has 0 saturated carbocycles. The summed E-state index contributed by atoms with van der Waals surface area (Å²) >= 11 is 1.36. The second kappa shape index (κ2) is 9.06. The van der Waals surface area contributed by atoms with Crippen molar-refractivity contribution < 1.29 is 23.5 Å². The van der Waals surface area contributed by atoms with Gasteiger partial charge in [-0.1, -0.05) is 6.07 Å². The molecule has 0 atom stereocenters. The lowest BCUT2D eigenvalue weighted by molar-refractivity contribution is -0.0172. The van der Waals surface area contributed by atoms with E-state index in [1.807, 2.05) is 11.4 Å². The summed E-state index contributed by atoms with van der Waals surface area (Å²) in [6.07, 6.45) is 0.431. The number of thiophene rings is 1. The molecule has 0 spiro atoms. The second-order valence-electron chi connectivity index (χ2n) is 6.68. The number of fused-ring (bicyclic) bond motifs is 1. The Hall–Kier alpha value is -3.23. The van der Waals surface area contributed by atoms with E-state index in [-0.39, 0.29) is 24.4 Å². The highest BCUT2D eigenvalue weighted by molar-refractivity contribution is 7.12. The smallest absolute Gasteiger partial charge is 0.265 e. The van der Waals surface area contributed by atoms with Crippen LogP contribution in [0.15, 0.2) is 53.9 Å². The summed E-state index contributed by atoms with van der Waals surface area (Å²) in [6, 6.07) is 13.0. The Morgan fingerprint density at radius 3 is 2.70 bits per heavy atom. The summed E-state index contributed by atoms with van der Waals surface area (Å²) in [6.45, 7) is 0.769. The van der Waals surface area contributed by atoms with E-state index in [0.29, 0.717) is 52.6 Å². The zero-order valence-corrected chi connectivity index (χ0v) is 16.8. The highest BCUT2D eigenvalue weighted by atomic mass is 32.1. The lowest BCUT2D eigenvalue weighted by Gasteiger charge is -2.21. The van der Waals surface area contributed by atoms with Gasteiger partial charge in [0.25, 0.3) is 11.8 Å². The topological polar surface area (TPSA) is 76.7 Å². The van der Waals surface area contributed by atoms with E-state index in [1.165, 1.54) is 23.5 Å². The van der Waals surface area contributed by atoms with Crippen LogP contribution in [0.25, 0.3) is 0 Å². The Morgan fingerprint density at radius 2 is 1.93 bits per heavy atom. The number of halogens is 1. The number of amides is 2. The van der Waals surface area contributed by atoms with Gasteiger partial charge in [-0.15, -0.1) is 11.3 Å². The molecular weight excluding hydrogens is 407 g/mol. The maximum absolute atomic E-state index is 13.8. The second-order valence-corrected chi connectivity index (χ2v) is 7.63. The minimum absolute atomic E-state index is 0.132. The van der Waals surface area contributed by atoms with Crippen LogP contribution < -0.4 is 15.4 Å². The molecule has 6 nitrogen and oxygen atoms in total. The van der Waals surface area contributed by atoms with Gasteiger partial charge >= 0.3 is 0 Å². The highest BCUT2D eigenvalue weighted by Gasteiger charge is 2.17. The molecule has 0 unspecified atom stereocenters. The van der Waals surface area contributed by atoms with Crippen molar-refractivity contribution in [3.63, 3.8) is 0 Å². The van der Waals surface area contributed by atoms with Gasteiger partial charge in [0.1, 0.15) is 11.6 Å². The maximum Gasteiger partial charge on any atom is 0.265 e. The van der Waals surface area contributed by atoms with Gasteiger partial charge in [-0.25, -0.2) is 4.39 Å². The Kier molecular flexibility index (Phi) is 6.06. The molecule has 3 aromatic rings. The van der Waals surface area contributed by atoms with Crippen molar-refractivity contribution in [1.82, 2.24) is 5.32 Å². The zero-order valence-electron chi connectivity index (χ0n) is 15.9. The summed E-state index contributed by atoms with van der Waals surface area (Å²) in [5.41, 5.74) is 2.44. The van der Waals surface area contributed by atoms with E-state index in [1.54, 1.807) is 30.3 Å². The van der Waals surface area contributed by atoms with Crippen molar-refractivity contribution in [1.29, 1.82) is 0 Å². The van der Waals surface area contributed by atoms with Crippen LogP contribution in [-0.4, -0.2) is 25.2 Å². The summed E-state index contributed by atoms with van der Waals surface area (Å²) in [5.74, 6) is -0.166. The third-order valence-electron chi connectivity index (χ3n) is 4.58. The molecule has 2 N–H and O–H groups in total. The predicted molar refractivity (Wildman–Crippen MR) is 111 cm³/mol. The summed E-state index contributed by atoms with van der Waals surface area (Å²) < 4.78 is 24.5. The fraction of sp³-hybridized carbons (Fsp3) is 0.182. The van der Waals surface area contributed by atoms with Crippen molar-refractivity contribution in [2.75, 3.05) is 18.7 Å². The van der Waals surface area contributed by atoms with Crippen molar-refractivity contribution in [2.45, 2.75) is 13.0 Å². The van der Waals surface area contributed by atoms with Crippen LogP contribution >= 0.6 is 11.3 Å². The maximum atomic E-state index is 13.8. The van der Waals surface area contributed by atoms with Gasteiger partial charge in [0, 0.05) is 23.4 Å². The SMILES string of the molecule is O=C(NCCc1cc(F)cc2c1OCOC2)c1ccc(NC(=O)c2cccs2)cc1. The molecule has 2 heterocycles. The van der Waals surface area contributed by atoms with Crippen LogP contribution in [0.3, 0.4) is 0 Å². The van der Waals surface area contributed by atoms with Crippen LogP contribution in [0.5, 0.6) is 5.75 Å². The van der Waals surface area contributed by atoms with Gasteiger partial charge in [0.15, 0.2) is 6.79 Å². The predicted octanol–water partition coefficient (Wildman–Crippen LogP) is 3.98. The molecule has 2 aromatic carbocycles. The first-order valence-corrected chi connectivity index (χ1v) is 10.2. The number of ether oxygens (including phenoxy) is 2. The van der Waals surface area contributed by atoms with Gasteiger partial charge in [-0.3, -0.25) is 9.59 Å². The Balaban J connectivity index is 1.32. The third-order valence-corrected chi connectivity index (χ3v) is 5.45. The number of carbonyl (C=O) groups excluding carboxylic acids is 2. The first kappa shape index (κ1) is 20.1. The minimum Gasteiger partial charge on any atom is -0.467 e. The fourth-order valence-corrected chi connectivity index (χ4v) is 3.78. The van der Waals surface area contributed by atoms with Gasteiger partial charge < -0.3 is 20.1 Å². The molecule has 0 bridgehead atoms. The number of hydrogen-bond donors (Lipinski definition) is 2. The summed E-state index contributed by atoms with van der Waals surface area (Å²) in [7, 11) is 0. The largest absolute Gasteiger partial charge is 0.467 e. The Morgan fingerprint density at radius 1 is 1.10 bits per heavy atom. The molecule has 0 radical (unpaired) electrons. The van der Waals surface area contributed by atoms with Crippen LogP contribution in [0, 0.1) is 5.82 Å². The first-order chi connectivity index (χ1) is 14.6. The standard InChI is InChI=1S/C22H19FN2O4S/c23-17-10-15(20-16(11-17)12-28-13-29-20)7-8-24-21(26)14-3-5-18(6-4-14)25-22(27)19-2-1-9-30-19/h1-6,9-11H,7-8,12-13H2,(H,24,26)(H,25,27). The Bertz CT molecular complexity index is 1050. The van der Waals surface area contributed by atoms with Crippen LogP contribution in [0.4, 0.5) is 10.1 Å². The van der Waals surface area contributed by atoms with E-state index in [4.69, 9.17) is 9.47 Å². The van der Waals surface area contributed by atoms with Crippen LogP contribution in [0.2, 0.25) is 0 Å². The number of benzene rings is 2. The van der Waals surface area contributed by atoms with E-state index < -0.39 is 0 Å². The van der Waals surface area contributed by atoms with Crippen molar-refractivity contribution in [3.05, 3.63) is 81.3 Å². The van der Waals surface area contributed by atoms with Gasteiger partial charge in [-0.2, -0.15) is 0 Å². The van der Waals surface area contributed by atoms with Crippen molar-refractivity contribution in [2.24, 2.45) is 0 Å². The first-order valence-electron chi connectivity index (χ1n) is 9.35. The molecule has 0 fully saturated rings. The molecule has 0 aliphatic carbocycles. The fourth-order valence-electron chi connectivity index (χ4n) is 3.16. The number of carbonyl (C=O) groups is 2. The number of hydrogen-bond acceptors (Lipinski definition) is 5. The Labute approximate surface area is 176 Å². The lowest BCUT2D eigenvalue weighted by atomic mass is 10.1. The van der Waals surface area contributed by atoms with Crippen LogP contribution in [-0.2, 0) is 17.8 Å². The van der Waals surface area contributed by atoms with E-state index >= 15 is 0 Å². The summed E-state index contributed by atoms with van der Waals surface area (Å²) in [4.78, 5) is 25.1. The molecule has 8 heteroatoms. The molecule has 1 aliphatic heterocycles. The van der Waals surface area contributed by atoms with E-state index in [9.17, 15) is 14.0 Å². The van der Waals surface area contributed by atoms with Gasteiger partial charge in [0.05, 0.1) is 11.5 Å². The highest BCUT2D eigenvalue weighted by Crippen LogP contribution is 2.29. The summed E-state index contributed by atoms with van der Waals surface area (Å²) in [5, 5.41) is 7.45. The number of anilines is 1. The molecule has 154 valence electrons. The molecule has 1 aromatic heterocycles. The normalized spacial score (nSPS) is 12.6. The minimum atomic E-state index is -0.357. The van der Waals surface area contributed by atoms with Crippen molar-refractivity contribution in [3.8, 4) is 5.75 Å². The van der Waals surface area contributed by atoms with Gasteiger partial charge in [-0.05, 0) is 59.8 Å². The zero-order chi connectivity index (χ0) is 20.9. The lowest BCUT2D eigenvalue weighted by Crippen LogP contribution is -2.26. The molecular formula is C22H19FN2O4S. The molecule has 1 aliphatic rings. The van der Waals surface area contributed by atoms with Gasteiger partial charge in [0.2, 0.25) is 0 Å². The molecule has 30 heavy (non-hydrogen) atoms. The number of rotatable bonds is 6. The van der Waals surface area contributed by atoms with E-state index in [2.05, 4.69) is 10.6 Å². The van der Waals surface area contributed by atoms with E-state index in [0.717, 1.165) is 0 Å². The molecule has 2 amide bonds. The van der Waals surface area contributed by atoms with Crippen molar-refractivity contribution >= 4 is 28.8 Å². The quantitative estimate of drug-likeness (QED) is 0.625. The number of nitrogens with one attached hydrogen (secondary N) is 2. The third kappa shape index (κ3) is 4.67.